The normalized spacial score (nSPS) is 12.2. The predicted octanol–water partition coefficient (Wildman–Crippen LogP) is 4.79. The van der Waals surface area contributed by atoms with E-state index in [0.717, 1.165) is 6.21 Å². The molecule has 0 amide bonds. The fraction of sp³-hybridized carbons (Fsp3) is 0.158. The average molecular weight is 381 g/mol. The first-order valence-corrected chi connectivity index (χ1v) is 7.80. The molecule has 2 rings (SSSR count). The van der Waals surface area contributed by atoms with Crippen molar-refractivity contribution in [3.63, 3.8) is 0 Å². The maximum Gasteiger partial charge on any atom is 0.343 e. The molecule has 142 valence electrons. The largest absolute Gasteiger partial charge is 0.506 e. The van der Waals surface area contributed by atoms with E-state index in [-0.39, 0.29) is 18.4 Å². The maximum atomic E-state index is 13.9. The van der Waals surface area contributed by atoms with Gasteiger partial charge >= 0.3 is 5.97 Å². The van der Waals surface area contributed by atoms with E-state index in [1.54, 1.807) is 13.0 Å². The lowest BCUT2D eigenvalue weighted by molar-refractivity contribution is -0.137. The van der Waals surface area contributed by atoms with E-state index in [4.69, 9.17) is 4.74 Å². The Morgan fingerprint density at radius 2 is 1.74 bits per heavy atom. The van der Waals surface area contributed by atoms with Crippen LogP contribution in [0.15, 0.2) is 40.9 Å². The van der Waals surface area contributed by atoms with E-state index in [2.05, 4.69) is 4.99 Å². The Kier molecular flexibility index (Phi) is 6.33. The summed E-state index contributed by atoms with van der Waals surface area (Å²) in [5.74, 6) is -7.01. The van der Waals surface area contributed by atoms with Crippen molar-refractivity contribution in [2.75, 3.05) is 6.61 Å². The molecule has 0 aliphatic heterocycles. The Labute approximate surface area is 152 Å². The van der Waals surface area contributed by atoms with Crippen LogP contribution in [0.2, 0.25) is 0 Å². The molecular formula is C19H15F4NO3. The average Bonchev–Trinajstić information content (AvgIpc) is 2.60. The van der Waals surface area contributed by atoms with Crippen LogP contribution in [0.5, 0.6) is 0 Å². The minimum atomic E-state index is -1.46. The second kappa shape index (κ2) is 8.48. The number of esters is 1. The Morgan fingerprint density at radius 1 is 1.07 bits per heavy atom. The molecule has 0 saturated carbocycles. The summed E-state index contributed by atoms with van der Waals surface area (Å²) in [5, 5.41) is 10.2. The molecule has 0 unspecified atom stereocenters. The number of nitrogens with zero attached hydrogens (tertiary/aromatic N) is 1. The maximum absolute atomic E-state index is 13.9. The molecule has 1 N–H and O–H groups in total. The molecule has 0 radical (unpaired) electrons. The molecule has 27 heavy (non-hydrogen) atoms. The summed E-state index contributed by atoms with van der Waals surface area (Å²) in [7, 11) is 0. The lowest BCUT2D eigenvalue weighted by Gasteiger charge is -2.08. The lowest BCUT2D eigenvalue weighted by atomic mass is 10.1. The second-order valence-electron chi connectivity index (χ2n) is 5.44. The van der Waals surface area contributed by atoms with E-state index >= 15 is 0 Å². The molecule has 0 spiro atoms. The minimum absolute atomic E-state index is 0.0807. The fourth-order valence-electron chi connectivity index (χ4n) is 2.12. The number of hydrogen-bond donors (Lipinski definition) is 1. The zero-order chi connectivity index (χ0) is 20.1. The first-order valence-electron chi connectivity index (χ1n) is 7.80. The van der Waals surface area contributed by atoms with Crippen molar-refractivity contribution in [1.29, 1.82) is 0 Å². The third-order valence-corrected chi connectivity index (χ3v) is 3.45. The number of hydrogen-bond acceptors (Lipinski definition) is 4. The number of ether oxygens (including phenoxy) is 1. The number of aliphatic hydroxyl groups is 1. The number of aryl methyl sites for hydroxylation is 1. The van der Waals surface area contributed by atoms with Gasteiger partial charge in [0, 0.05) is 12.3 Å². The van der Waals surface area contributed by atoms with Crippen LogP contribution in [0.25, 0.3) is 5.76 Å². The van der Waals surface area contributed by atoms with Crippen molar-refractivity contribution >= 4 is 23.6 Å². The van der Waals surface area contributed by atoms with Crippen LogP contribution >= 0.6 is 0 Å². The molecular weight excluding hydrogens is 366 g/mol. The van der Waals surface area contributed by atoms with Crippen molar-refractivity contribution in [3.8, 4) is 0 Å². The van der Waals surface area contributed by atoms with Crippen molar-refractivity contribution in [1.82, 2.24) is 0 Å². The summed E-state index contributed by atoms with van der Waals surface area (Å²) >= 11 is 0. The lowest BCUT2D eigenvalue weighted by Crippen LogP contribution is -2.12. The van der Waals surface area contributed by atoms with Gasteiger partial charge in [-0.05, 0) is 37.6 Å². The van der Waals surface area contributed by atoms with Crippen molar-refractivity contribution in [3.05, 3.63) is 70.3 Å². The summed E-state index contributed by atoms with van der Waals surface area (Å²) in [6.45, 7) is 3.07. The van der Waals surface area contributed by atoms with Gasteiger partial charge in [-0.1, -0.05) is 6.07 Å². The van der Waals surface area contributed by atoms with E-state index in [1.807, 2.05) is 0 Å². The van der Waals surface area contributed by atoms with Gasteiger partial charge in [-0.15, -0.1) is 0 Å². The van der Waals surface area contributed by atoms with Crippen LogP contribution in [-0.2, 0) is 9.53 Å². The predicted molar refractivity (Wildman–Crippen MR) is 91.8 cm³/mol. The smallest absolute Gasteiger partial charge is 0.343 e. The standard InChI is InChI=1S/C19H15F4NO3/c1-3-27-19(26)12(9-24-17-5-4-10(2)6-16(17)23)18(25)11-7-14(21)15(22)8-13(11)20/h4-9,25H,3H2,1-2H3/b18-12+,24-9?. The monoisotopic (exact) mass is 381 g/mol. The Hall–Kier alpha value is -3.16. The SMILES string of the molecule is CCOC(=O)/C(C=Nc1ccc(C)cc1F)=C(/O)c1cc(F)c(F)cc1F. The Morgan fingerprint density at radius 3 is 2.37 bits per heavy atom. The number of aliphatic imine (C=N–C) groups is 1. The summed E-state index contributed by atoms with van der Waals surface area (Å²) in [5.41, 5.74) is -0.935. The summed E-state index contributed by atoms with van der Waals surface area (Å²) < 4.78 is 59.0. The van der Waals surface area contributed by atoms with Gasteiger partial charge in [0.25, 0.3) is 0 Å². The van der Waals surface area contributed by atoms with Gasteiger partial charge in [0.15, 0.2) is 11.6 Å². The highest BCUT2D eigenvalue weighted by molar-refractivity contribution is 6.15. The summed E-state index contributed by atoms with van der Waals surface area (Å²) in [6.07, 6.45) is 0.766. The zero-order valence-electron chi connectivity index (χ0n) is 14.4. The highest BCUT2D eigenvalue weighted by atomic mass is 19.2. The van der Waals surface area contributed by atoms with Crippen LogP contribution < -0.4 is 0 Å². The number of benzene rings is 2. The van der Waals surface area contributed by atoms with E-state index in [9.17, 15) is 27.5 Å². The molecule has 8 heteroatoms. The quantitative estimate of drug-likeness (QED) is 0.202. The van der Waals surface area contributed by atoms with Gasteiger partial charge in [-0.25, -0.2) is 22.4 Å². The topological polar surface area (TPSA) is 58.9 Å². The van der Waals surface area contributed by atoms with Crippen molar-refractivity contribution in [2.45, 2.75) is 13.8 Å². The Balaban J connectivity index is 2.57. The molecule has 0 aromatic heterocycles. The number of halogens is 4. The molecule has 0 saturated heterocycles. The Bertz CT molecular complexity index is 939. The third kappa shape index (κ3) is 4.72. The number of aliphatic hydroxyl groups excluding tert-OH is 1. The molecule has 0 fully saturated rings. The van der Waals surface area contributed by atoms with Crippen LogP contribution in [0.1, 0.15) is 18.1 Å². The van der Waals surface area contributed by atoms with E-state index < -0.39 is 46.1 Å². The zero-order valence-corrected chi connectivity index (χ0v) is 14.4. The second-order valence-corrected chi connectivity index (χ2v) is 5.44. The minimum Gasteiger partial charge on any atom is -0.506 e. The highest BCUT2D eigenvalue weighted by Crippen LogP contribution is 2.24. The van der Waals surface area contributed by atoms with Gasteiger partial charge in [-0.2, -0.15) is 0 Å². The van der Waals surface area contributed by atoms with Gasteiger partial charge in [0.1, 0.15) is 23.0 Å². The van der Waals surface area contributed by atoms with Crippen molar-refractivity contribution < 1.29 is 32.2 Å². The highest BCUT2D eigenvalue weighted by Gasteiger charge is 2.21. The molecule has 2 aromatic rings. The van der Waals surface area contributed by atoms with Crippen LogP contribution in [0.3, 0.4) is 0 Å². The molecule has 2 aromatic carbocycles. The van der Waals surface area contributed by atoms with E-state index in [0.29, 0.717) is 11.6 Å². The molecule has 4 nitrogen and oxygen atoms in total. The van der Waals surface area contributed by atoms with Gasteiger partial charge in [0.05, 0.1) is 17.9 Å². The van der Waals surface area contributed by atoms with Gasteiger partial charge < -0.3 is 9.84 Å². The van der Waals surface area contributed by atoms with Crippen molar-refractivity contribution in [2.24, 2.45) is 4.99 Å². The number of carbonyl (C=O) groups is 1. The molecule has 0 bridgehead atoms. The summed E-state index contributed by atoms with van der Waals surface area (Å²) in [6, 6.07) is 4.72. The van der Waals surface area contributed by atoms with Gasteiger partial charge in [0.2, 0.25) is 0 Å². The first-order chi connectivity index (χ1) is 12.7. The number of rotatable bonds is 5. The fourth-order valence-corrected chi connectivity index (χ4v) is 2.12. The number of carbonyl (C=O) groups excluding carboxylic acids is 1. The molecule has 0 aliphatic rings. The summed E-state index contributed by atoms with van der Waals surface area (Å²) in [4.78, 5) is 15.8. The van der Waals surface area contributed by atoms with Crippen LogP contribution in [-0.4, -0.2) is 23.9 Å². The molecule has 0 aliphatic carbocycles. The van der Waals surface area contributed by atoms with Gasteiger partial charge in [-0.3, -0.25) is 4.99 Å². The third-order valence-electron chi connectivity index (χ3n) is 3.45. The molecule has 0 atom stereocenters. The van der Waals surface area contributed by atoms with Crippen LogP contribution in [0.4, 0.5) is 23.2 Å². The van der Waals surface area contributed by atoms with E-state index in [1.165, 1.54) is 19.1 Å². The van der Waals surface area contributed by atoms with Crippen LogP contribution in [0, 0.1) is 30.2 Å². The first kappa shape index (κ1) is 20.2. The molecule has 0 heterocycles.